The fourth-order valence-electron chi connectivity index (χ4n) is 2.48. The molecule has 0 N–H and O–H groups in total. The molecule has 1 atom stereocenters. The van der Waals surface area contributed by atoms with Gasteiger partial charge in [-0.1, -0.05) is 11.6 Å². The highest BCUT2D eigenvalue weighted by Crippen LogP contribution is 2.27. The summed E-state index contributed by atoms with van der Waals surface area (Å²) < 4.78 is 49.3. The largest absolute Gasteiger partial charge is 0.463 e. The van der Waals surface area contributed by atoms with Gasteiger partial charge in [0.1, 0.15) is 5.69 Å². The molecule has 0 radical (unpaired) electrons. The van der Waals surface area contributed by atoms with Crippen molar-refractivity contribution in [3.63, 3.8) is 0 Å². The van der Waals surface area contributed by atoms with Crippen LogP contribution in [-0.2, 0) is 27.5 Å². The van der Waals surface area contributed by atoms with E-state index in [0.29, 0.717) is 4.57 Å². The number of hydrogen-bond donors (Lipinski definition) is 0. The molecule has 0 saturated heterocycles. The second-order valence-electron chi connectivity index (χ2n) is 6.01. The zero-order chi connectivity index (χ0) is 22.8. The fourth-order valence-corrected chi connectivity index (χ4v) is 2.67. The van der Waals surface area contributed by atoms with Crippen LogP contribution in [-0.4, -0.2) is 33.8 Å². The summed E-state index contributed by atoms with van der Waals surface area (Å²) in [5.74, 6) is -1.86. The van der Waals surface area contributed by atoms with E-state index >= 15 is 0 Å². The molecule has 162 valence electrons. The molecular weight excluding hydrogens is 433 g/mol. The van der Waals surface area contributed by atoms with Gasteiger partial charge in [-0.3, -0.25) is 9.36 Å². The number of hydrogen-bond acceptors (Lipinski definition) is 6. The average molecular weight is 449 g/mol. The molecule has 0 aliphatic heterocycles. The van der Waals surface area contributed by atoms with E-state index in [9.17, 15) is 32.3 Å². The van der Waals surface area contributed by atoms with Crippen molar-refractivity contribution in [2.45, 2.75) is 26.1 Å². The summed E-state index contributed by atoms with van der Waals surface area (Å²) in [5, 5.41) is -0.128. The van der Waals surface area contributed by atoms with Crippen LogP contribution in [0, 0.1) is 0 Å². The molecule has 2 rings (SSSR count). The van der Waals surface area contributed by atoms with E-state index in [1.165, 1.54) is 13.0 Å². The zero-order valence-corrected chi connectivity index (χ0v) is 16.7. The Bertz CT molecular complexity index is 1110. The molecule has 1 aromatic heterocycles. The van der Waals surface area contributed by atoms with Crippen molar-refractivity contribution in [3.05, 3.63) is 61.4 Å². The maximum Gasteiger partial charge on any atom is 0.431 e. The molecule has 30 heavy (non-hydrogen) atoms. The minimum absolute atomic E-state index is 0.0666. The number of carbonyl (C=O) groups is 2. The Hall–Kier alpha value is -3.08. The molecule has 0 fully saturated rings. The van der Waals surface area contributed by atoms with Gasteiger partial charge in [0.25, 0.3) is 5.56 Å². The molecule has 1 aromatic carbocycles. The van der Waals surface area contributed by atoms with Crippen molar-refractivity contribution in [1.82, 2.24) is 9.13 Å². The molecule has 0 amide bonds. The minimum atomic E-state index is -4.91. The third kappa shape index (κ3) is 4.73. The number of nitrogens with zero attached hydrogens (tertiary/aromatic N) is 2. The first-order chi connectivity index (χ1) is 13.9. The normalized spacial score (nSPS) is 12.4. The summed E-state index contributed by atoms with van der Waals surface area (Å²) in [7, 11) is 0.854. The van der Waals surface area contributed by atoms with Crippen molar-refractivity contribution < 1.29 is 32.2 Å². The van der Waals surface area contributed by atoms with Gasteiger partial charge < -0.3 is 9.47 Å². The number of rotatable bonds is 5. The fraction of sp³-hybridized carbons (Fsp3) is 0.333. The van der Waals surface area contributed by atoms with E-state index in [1.54, 1.807) is 6.92 Å². The van der Waals surface area contributed by atoms with Crippen molar-refractivity contribution in [2.24, 2.45) is 7.05 Å². The molecule has 1 heterocycles. The van der Waals surface area contributed by atoms with Crippen LogP contribution >= 0.6 is 11.6 Å². The van der Waals surface area contributed by atoms with E-state index in [2.05, 4.69) is 0 Å². The van der Waals surface area contributed by atoms with E-state index in [1.807, 2.05) is 0 Å². The van der Waals surface area contributed by atoms with Crippen molar-refractivity contribution >= 4 is 23.5 Å². The van der Waals surface area contributed by atoms with Crippen LogP contribution in [0.3, 0.4) is 0 Å². The molecular formula is C18H16ClF3N2O6. The van der Waals surface area contributed by atoms with E-state index < -0.39 is 41.2 Å². The summed E-state index contributed by atoms with van der Waals surface area (Å²) in [6.07, 6.45) is -6.18. The number of halogens is 4. The maximum absolute atomic E-state index is 13.0. The quantitative estimate of drug-likeness (QED) is 0.651. The van der Waals surface area contributed by atoms with Crippen LogP contribution in [0.25, 0.3) is 5.69 Å². The lowest BCUT2D eigenvalue weighted by Gasteiger charge is -2.15. The van der Waals surface area contributed by atoms with Crippen LogP contribution < -0.4 is 11.2 Å². The number of alkyl halides is 3. The van der Waals surface area contributed by atoms with Crippen molar-refractivity contribution in [2.75, 3.05) is 6.61 Å². The van der Waals surface area contributed by atoms with Crippen molar-refractivity contribution in [3.8, 4) is 5.69 Å². The predicted molar refractivity (Wildman–Crippen MR) is 98.8 cm³/mol. The first-order valence-electron chi connectivity index (χ1n) is 8.46. The highest BCUT2D eigenvalue weighted by molar-refractivity contribution is 6.33. The first kappa shape index (κ1) is 23.2. The van der Waals surface area contributed by atoms with Gasteiger partial charge in [-0.2, -0.15) is 13.2 Å². The molecule has 0 spiro atoms. The third-order valence-corrected chi connectivity index (χ3v) is 4.27. The number of carbonyl (C=O) groups excluding carboxylic acids is 2. The molecule has 0 saturated carbocycles. The summed E-state index contributed by atoms with van der Waals surface area (Å²) in [6, 6.07) is 3.59. The smallest absolute Gasteiger partial charge is 0.431 e. The van der Waals surface area contributed by atoms with E-state index in [0.717, 1.165) is 19.2 Å². The van der Waals surface area contributed by atoms with Gasteiger partial charge in [0.05, 0.1) is 22.9 Å². The van der Waals surface area contributed by atoms with Crippen LogP contribution in [0.5, 0.6) is 0 Å². The molecule has 0 aliphatic rings. The standard InChI is InChI=1S/C18H16ClF3N2O6/c1-4-29-15(26)9(2)30-16(27)11-7-10(5-6-12(11)19)24-14(25)8-13(18(20,21)22)23(3)17(24)28/h5-9H,4H2,1-3H3. The van der Waals surface area contributed by atoms with Gasteiger partial charge >= 0.3 is 23.8 Å². The third-order valence-electron chi connectivity index (χ3n) is 3.94. The van der Waals surface area contributed by atoms with Crippen LogP contribution in [0.1, 0.15) is 29.9 Å². The Morgan fingerprint density at radius 2 is 1.83 bits per heavy atom. The van der Waals surface area contributed by atoms with Crippen LogP contribution in [0.15, 0.2) is 33.9 Å². The first-order valence-corrected chi connectivity index (χ1v) is 8.84. The highest BCUT2D eigenvalue weighted by Gasteiger charge is 2.35. The molecule has 1 unspecified atom stereocenters. The Balaban J connectivity index is 2.51. The summed E-state index contributed by atoms with van der Waals surface area (Å²) in [6.45, 7) is 2.90. The van der Waals surface area contributed by atoms with Crippen LogP contribution in [0.2, 0.25) is 5.02 Å². The lowest BCUT2D eigenvalue weighted by Crippen LogP contribution is -2.40. The average Bonchev–Trinajstić information content (AvgIpc) is 2.65. The monoisotopic (exact) mass is 448 g/mol. The lowest BCUT2D eigenvalue weighted by atomic mass is 10.2. The number of ether oxygens (including phenoxy) is 2. The van der Waals surface area contributed by atoms with E-state index in [4.69, 9.17) is 21.1 Å². The highest BCUT2D eigenvalue weighted by atomic mass is 35.5. The topological polar surface area (TPSA) is 96.6 Å². The van der Waals surface area contributed by atoms with Gasteiger partial charge in [0.15, 0.2) is 6.10 Å². The SMILES string of the molecule is CCOC(=O)C(C)OC(=O)c1cc(-n2c(=O)cc(C(F)(F)F)n(C)c2=O)ccc1Cl. The minimum Gasteiger partial charge on any atom is -0.463 e. The Kier molecular flexibility index (Phi) is 6.76. The molecule has 2 aromatic rings. The second-order valence-corrected chi connectivity index (χ2v) is 6.41. The Morgan fingerprint density at radius 1 is 1.20 bits per heavy atom. The second kappa shape index (κ2) is 8.74. The summed E-state index contributed by atoms with van der Waals surface area (Å²) in [5.41, 5.74) is -4.48. The van der Waals surface area contributed by atoms with Gasteiger partial charge in [0, 0.05) is 13.1 Å². The lowest BCUT2D eigenvalue weighted by molar-refractivity contribution is -0.152. The Morgan fingerprint density at radius 3 is 2.40 bits per heavy atom. The van der Waals surface area contributed by atoms with E-state index in [-0.39, 0.29) is 33.5 Å². The van der Waals surface area contributed by atoms with Gasteiger partial charge in [0.2, 0.25) is 0 Å². The summed E-state index contributed by atoms with van der Waals surface area (Å²) >= 11 is 5.96. The van der Waals surface area contributed by atoms with Gasteiger partial charge in [-0.25, -0.2) is 19.0 Å². The van der Waals surface area contributed by atoms with Crippen LogP contribution in [0.4, 0.5) is 13.2 Å². The molecule has 0 bridgehead atoms. The maximum atomic E-state index is 13.0. The molecule has 12 heteroatoms. The zero-order valence-electron chi connectivity index (χ0n) is 15.9. The predicted octanol–water partition coefficient (Wildman–Crippen LogP) is 2.32. The van der Waals surface area contributed by atoms with Gasteiger partial charge in [-0.05, 0) is 32.0 Å². The molecule has 8 nitrogen and oxygen atoms in total. The Labute approximate surface area is 172 Å². The molecule has 0 aliphatic carbocycles. The number of benzene rings is 1. The summed E-state index contributed by atoms with van der Waals surface area (Å²) in [4.78, 5) is 48.5. The van der Waals surface area contributed by atoms with Gasteiger partial charge in [-0.15, -0.1) is 0 Å². The number of aromatic nitrogens is 2. The van der Waals surface area contributed by atoms with Crippen molar-refractivity contribution in [1.29, 1.82) is 0 Å². The number of esters is 2.